The molecule has 26 heavy (non-hydrogen) atoms. The number of benzene rings is 1. The molecule has 1 aliphatic rings. The molecule has 0 saturated carbocycles. The Hall–Kier alpha value is -2.94. The molecule has 1 amide bonds. The van der Waals surface area contributed by atoms with E-state index in [-0.39, 0.29) is 29.7 Å². The standard InChI is InChI=1S/C16H18FN7O.ClH/c17-10-5-3-9(4-6-10)11-14(24-7-1-2-8-24)22-13(18)12(21-11)15(25)23-16(19)20;/h3-6H,1-2,7-8H2,(H2,18,22)(H4,19,20,23,25);1H. The second-order valence-electron chi connectivity index (χ2n) is 5.70. The Bertz CT molecular complexity index is 822. The minimum atomic E-state index is -0.714. The number of halogens is 2. The van der Waals surface area contributed by atoms with E-state index in [0.717, 1.165) is 25.9 Å². The summed E-state index contributed by atoms with van der Waals surface area (Å²) in [5, 5.41) is 9.31. The maximum Gasteiger partial charge on any atom is 0.280 e. The molecule has 1 aromatic carbocycles. The van der Waals surface area contributed by atoms with E-state index in [9.17, 15) is 9.18 Å². The highest BCUT2D eigenvalue weighted by molar-refractivity contribution is 6.06. The van der Waals surface area contributed by atoms with Crippen LogP contribution in [0.1, 0.15) is 23.3 Å². The highest BCUT2D eigenvalue weighted by Crippen LogP contribution is 2.31. The highest BCUT2D eigenvalue weighted by Gasteiger charge is 2.24. The molecule has 1 saturated heterocycles. The largest absolute Gasteiger partial charge is 0.382 e. The van der Waals surface area contributed by atoms with Gasteiger partial charge in [0.1, 0.15) is 11.5 Å². The Morgan fingerprint density at radius 2 is 1.81 bits per heavy atom. The van der Waals surface area contributed by atoms with Gasteiger partial charge in [-0.25, -0.2) is 14.4 Å². The SMILES string of the molecule is Cl.N=C(N)NC(=O)c1nc(-c2ccc(F)cc2)c(N2CCCC2)nc1N. The Balaban J connectivity index is 0.00000243. The molecule has 0 radical (unpaired) electrons. The molecule has 1 aliphatic heterocycles. The highest BCUT2D eigenvalue weighted by atomic mass is 35.5. The summed E-state index contributed by atoms with van der Waals surface area (Å²) in [6, 6.07) is 5.77. The van der Waals surface area contributed by atoms with E-state index >= 15 is 0 Å². The number of nitrogens with two attached hydrogens (primary N) is 2. The molecule has 8 nitrogen and oxygen atoms in total. The van der Waals surface area contributed by atoms with Gasteiger partial charge in [-0.3, -0.25) is 15.5 Å². The van der Waals surface area contributed by atoms with Crippen molar-refractivity contribution in [3.05, 3.63) is 35.8 Å². The van der Waals surface area contributed by atoms with Crippen molar-refractivity contribution in [2.75, 3.05) is 23.7 Å². The molecule has 138 valence electrons. The first-order chi connectivity index (χ1) is 12.0. The maximum atomic E-state index is 13.3. The van der Waals surface area contributed by atoms with Gasteiger partial charge < -0.3 is 16.4 Å². The molecule has 0 atom stereocenters. The van der Waals surface area contributed by atoms with Crippen molar-refractivity contribution < 1.29 is 9.18 Å². The Labute approximate surface area is 155 Å². The van der Waals surface area contributed by atoms with E-state index in [1.165, 1.54) is 12.1 Å². The third-order valence-corrected chi connectivity index (χ3v) is 3.89. The van der Waals surface area contributed by atoms with Gasteiger partial charge in [0, 0.05) is 18.7 Å². The van der Waals surface area contributed by atoms with Crippen LogP contribution in [0.15, 0.2) is 24.3 Å². The molecule has 1 aromatic heterocycles. The van der Waals surface area contributed by atoms with Crippen LogP contribution in [-0.2, 0) is 0 Å². The number of nitrogens with one attached hydrogen (secondary N) is 2. The fourth-order valence-corrected chi connectivity index (χ4v) is 2.74. The van der Waals surface area contributed by atoms with Gasteiger partial charge in [0.05, 0.1) is 0 Å². The molecule has 0 unspecified atom stereocenters. The number of hydrogen-bond acceptors (Lipinski definition) is 6. The van der Waals surface area contributed by atoms with Crippen molar-refractivity contribution in [2.24, 2.45) is 5.73 Å². The van der Waals surface area contributed by atoms with Gasteiger partial charge in [-0.1, -0.05) is 0 Å². The zero-order chi connectivity index (χ0) is 18.0. The number of anilines is 2. The third kappa shape index (κ3) is 3.99. The van der Waals surface area contributed by atoms with Crippen LogP contribution in [-0.4, -0.2) is 34.9 Å². The van der Waals surface area contributed by atoms with Gasteiger partial charge in [0.25, 0.3) is 5.91 Å². The number of hydrogen-bond donors (Lipinski definition) is 4. The minimum Gasteiger partial charge on any atom is -0.382 e. The van der Waals surface area contributed by atoms with Crippen LogP contribution in [0.2, 0.25) is 0 Å². The second-order valence-corrected chi connectivity index (χ2v) is 5.70. The summed E-state index contributed by atoms with van der Waals surface area (Å²) in [5.41, 5.74) is 12.0. The predicted molar refractivity (Wildman–Crippen MR) is 99.9 cm³/mol. The number of nitrogen functional groups attached to an aromatic ring is 1. The summed E-state index contributed by atoms with van der Waals surface area (Å²) in [6.45, 7) is 1.61. The molecule has 1 fully saturated rings. The van der Waals surface area contributed by atoms with Gasteiger partial charge in [0.2, 0.25) is 0 Å². The first-order valence-electron chi connectivity index (χ1n) is 7.79. The molecule has 3 rings (SSSR count). The summed E-state index contributed by atoms with van der Waals surface area (Å²) in [5.74, 6) is -1.09. The van der Waals surface area contributed by atoms with Crippen molar-refractivity contribution in [2.45, 2.75) is 12.8 Å². The van der Waals surface area contributed by atoms with Crippen LogP contribution in [0.25, 0.3) is 11.3 Å². The summed E-state index contributed by atoms with van der Waals surface area (Å²) >= 11 is 0. The summed E-state index contributed by atoms with van der Waals surface area (Å²) in [7, 11) is 0. The van der Waals surface area contributed by atoms with Gasteiger partial charge in [-0.05, 0) is 37.1 Å². The Kier molecular flexibility index (Phi) is 5.93. The van der Waals surface area contributed by atoms with E-state index in [1.54, 1.807) is 12.1 Å². The second kappa shape index (κ2) is 7.96. The Morgan fingerprint density at radius 3 is 2.38 bits per heavy atom. The number of nitrogens with zero attached hydrogens (tertiary/aromatic N) is 3. The number of carbonyl (C=O) groups is 1. The van der Waals surface area contributed by atoms with Crippen LogP contribution < -0.4 is 21.7 Å². The first kappa shape index (κ1) is 19.4. The van der Waals surface area contributed by atoms with Crippen molar-refractivity contribution >= 4 is 35.9 Å². The number of guanidine groups is 1. The Morgan fingerprint density at radius 1 is 1.19 bits per heavy atom. The van der Waals surface area contributed by atoms with E-state index < -0.39 is 11.9 Å². The first-order valence-corrected chi connectivity index (χ1v) is 7.79. The van der Waals surface area contributed by atoms with Crippen LogP contribution in [0.4, 0.5) is 16.0 Å². The van der Waals surface area contributed by atoms with Crippen LogP contribution in [0.5, 0.6) is 0 Å². The molecule has 10 heteroatoms. The zero-order valence-corrected chi connectivity index (χ0v) is 14.6. The van der Waals surface area contributed by atoms with Crippen molar-refractivity contribution in [1.29, 1.82) is 5.41 Å². The summed E-state index contributed by atoms with van der Waals surface area (Å²) in [6.07, 6.45) is 2.05. The lowest BCUT2D eigenvalue weighted by molar-refractivity contribution is 0.0972. The molecule has 0 spiro atoms. The maximum absolute atomic E-state index is 13.3. The van der Waals surface area contributed by atoms with Crippen molar-refractivity contribution in [3.63, 3.8) is 0 Å². The lowest BCUT2D eigenvalue weighted by Crippen LogP contribution is -2.37. The van der Waals surface area contributed by atoms with Gasteiger partial charge in [-0.2, -0.15) is 0 Å². The molecule has 2 heterocycles. The molecule has 6 N–H and O–H groups in total. The number of amides is 1. The smallest absolute Gasteiger partial charge is 0.280 e. The number of carbonyl (C=O) groups excluding carboxylic acids is 1. The topological polar surface area (TPSA) is 134 Å². The van der Waals surface area contributed by atoms with E-state index in [1.807, 2.05) is 4.90 Å². The van der Waals surface area contributed by atoms with E-state index in [0.29, 0.717) is 17.1 Å². The lowest BCUT2D eigenvalue weighted by Gasteiger charge is -2.21. The fraction of sp³-hybridized carbons (Fsp3) is 0.250. The van der Waals surface area contributed by atoms with E-state index in [2.05, 4.69) is 15.3 Å². The normalized spacial score (nSPS) is 13.2. The molecule has 0 bridgehead atoms. The van der Waals surface area contributed by atoms with Gasteiger partial charge in [-0.15, -0.1) is 12.4 Å². The molecular formula is C16H19ClFN7O. The quantitative estimate of drug-likeness (QED) is 0.471. The predicted octanol–water partition coefficient (Wildman–Crippen LogP) is 1.51. The average molecular weight is 380 g/mol. The van der Waals surface area contributed by atoms with Crippen LogP contribution in [0, 0.1) is 11.2 Å². The van der Waals surface area contributed by atoms with Crippen molar-refractivity contribution in [1.82, 2.24) is 15.3 Å². The zero-order valence-electron chi connectivity index (χ0n) is 13.8. The van der Waals surface area contributed by atoms with Crippen LogP contribution >= 0.6 is 12.4 Å². The van der Waals surface area contributed by atoms with Crippen LogP contribution in [0.3, 0.4) is 0 Å². The summed E-state index contributed by atoms with van der Waals surface area (Å²) < 4.78 is 13.3. The van der Waals surface area contributed by atoms with Crippen molar-refractivity contribution in [3.8, 4) is 11.3 Å². The molecular weight excluding hydrogens is 361 g/mol. The number of aromatic nitrogens is 2. The monoisotopic (exact) mass is 379 g/mol. The van der Waals surface area contributed by atoms with Gasteiger partial charge in [0.15, 0.2) is 23.3 Å². The van der Waals surface area contributed by atoms with Gasteiger partial charge >= 0.3 is 0 Å². The average Bonchev–Trinajstić information content (AvgIpc) is 3.09. The third-order valence-electron chi connectivity index (χ3n) is 3.89. The van der Waals surface area contributed by atoms with E-state index in [4.69, 9.17) is 16.9 Å². The lowest BCUT2D eigenvalue weighted by atomic mass is 10.1. The molecule has 0 aliphatic carbocycles. The minimum absolute atomic E-state index is 0. The number of rotatable bonds is 3. The summed E-state index contributed by atoms with van der Waals surface area (Å²) in [4.78, 5) is 22.9. The molecule has 2 aromatic rings. The fourth-order valence-electron chi connectivity index (χ4n) is 2.74.